The van der Waals surface area contributed by atoms with E-state index >= 15 is 0 Å². The minimum absolute atomic E-state index is 0.488. The average molecular weight is 329 g/mol. The molecule has 2 nitrogen and oxygen atoms in total. The maximum Gasteiger partial charge on any atom is 0.0612 e. The lowest BCUT2D eigenvalue weighted by Gasteiger charge is -2.45. The smallest absolute Gasteiger partial charge is 0.0612 e. The minimum Gasteiger partial charge on any atom is -0.365 e. The van der Waals surface area contributed by atoms with Gasteiger partial charge in [0.15, 0.2) is 0 Å². The van der Waals surface area contributed by atoms with Crippen LogP contribution >= 0.6 is 23.2 Å². The zero-order valence-corrected chi connectivity index (χ0v) is 14.9. The molecule has 21 heavy (non-hydrogen) atoms. The van der Waals surface area contributed by atoms with Gasteiger partial charge in [-0.3, -0.25) is 0 Å². The Bertz CT molecular complexity index is 476. The molecule has 1 aromatic rings. The van der Waals surface area contributed by atoms with Crippen molar-refractivity contribution in [2.24, 2.45) is 11.8 Å². The third kappa shape index (κ3) is 3.85. The van der Waals surface area contributed by atoms with E-state index in [2.05, 4.69) is 44.0 Å². The molecule has 1 heterocycles. The summed E-state index contributed by atoms with van der Waals surface area (Å²) in [4.78, 5) is 2.50. The topological polar surface area (TPSA) is 15.3 Å². The van der Waals surface area contributed by atoms with Crippen LogP contribution < -0.4 is 10.2 Å². The van der Waals surface area contributed by atoms with E-state index in [4.69, 9.17) is 23.2 Å². The van der Waals surface area contributed by atoms with Crippen molar-refractivity contribution in [2.75, 3.05) is 18.0 Å². The molecule has 1 aliphatic heterocycles. The van der Waals surface area contributed by atoms with Crippen LogP contribution in [0.5, 0.6) is 0 Å². The highest BCUT2D eigenvalue weighted by molar-refractivity contribution is 6.42. The van der Waals surface area contributed by atoms with Gasteiger partial charge in [-0.05, 0) is 30.0 Å². The fraction of sp³-hybridized carbons (Fsp3) is 0.647. The van der Waals surface area contributed by atoms with Crippen molar-refractivity contribution in [3.05, 3.63) is 28.2 Å². The van der Waals surface area contributed by atoms with Gasteiger partial charge in [0.1, 0.15) is 0 Å². The molecule has 0 amide bonds. The molecule has 2 rings (SSSR count). The first-order valence-corrected chi connectivity index (χ1v) is 8.64. The average Bonchev–Trinajstić information content (AvgIpc) is 2.48. The summed E-state index contributed by atoms with van der Waals surface area (Å²) in [7, 11) is 0. The van der Waals surface area contributed by atoms with Crippen LogP contribution in [-0.4, -0.2) is 25.2 Å². The summed E-state index contributed by atoms with van der Waals surface area (Å²) in [6, 6.07) is 7.00. The molecule has 1 N–H and O–H groups in total. The molecule has 4 heteroatoms. The number of hydrogen-bond acceptors (Lipinski definition) is 2. The van der Waals surface area contributed by atoms with Gasteiger partial charge in [0.2, 0.25) is 0 Å². The number of nitrogens with zero attached hydrogens (tertiary/aromatic N) is 1. The maximum absolute atomic E-state index is 6.21. The van der Waals surface area contributed by atoms with Gasteiger partial charge in [0.25, 0.3) is 0 Å². The first-order valence-electron chi connectivity index (χ1n) is 7.89. The molecule has 3 atom stereocenters. The fourth-order valence-corrected chi connectivity index (χ4v) is 3.31. The van der Waals surface area contributed by atoms with E-state index in [0.29, 0.717) is 34.0 Å². The third-order valence-electron chi connectivity index (χ3n) is 4.72. The maximum atomic E-state index is 6.21. The quantitative estimate of drug-likeness (QED) is 0.850. The normalized spacial score (nSPS) is 24.4. The summed E-state index contributed by atoms with van der Waals surface area (Å²) in [6.45, 7) is 11.2. The lowest BCUT2D eigenvalue weighted by Crippen LogP contribution is -2.60. The standard InChI is InChI=1S/C17H26Cl2N2/c1-5-12(4)16-10-21(17(9-20-16)11(2)3)13-6-7-14(18)15(19)8-13/h6-8,11-12,16-17,20H,5,9-10H2,1-4H3. The summed E-state index contributed by atoms with van der Waals surface area (Å²) >= 11 is 12.3. The molecule has 0 aromatic heterocycles. The summed E-state index contributed by atoms with van der Waals surface area (Å²) < 4.78 is 0. The summed E-state index contributed by atoms with van der Waals surface area (Å²) in [6.07, 6.45) is 1.19. The first kappa shape index (κ1) is 16.9. The molecule has 1 saturated heterocycles. The van der Waals surface area contributed by atoms with Crippen LogP contribution in [0.2, 0.25) is 10.0 Å². The van der Waals surface area contributed by atoms with Gasteiger partial charge < -0.3 is 10.2 Å². The lowest BCUT2D eigenvalue weighted by atomic mass is 9.91. The Morgan fingerprint density at radius 3 is 2.52 bits per heavy atom. The molecule has 3 unspecified atom stereocenters. The molecular formula is C17H26Cl2N2. The summed E-state index contributed by atoms with van der Waals surface area (Å²) in [5.74, 6) is 1.26. The van der Waals surface area contributed by atoms with Crippen molar-refractivity contribution >= 4 is 28.9 Å². The molecule has 0 saturated carbocycles. The fourth-order valence-electron chi connectivity index (χ4n) is 3.02. The number of hydrogen-bond donors (Lipinski definition) is 1. The van der Waals surface area contributed by atoms with Crippen molar-refractivity contribution in [1.82, 2.24) is 5.32 Å². The molecule has 1 aliphatic rings. The van der Waals surface area contributed by atoms with E-state index in [1.54, 1.807) is 0 Å². The highest BCUT2D eigenvalue weighted by Gasteiger charge is 2.32. The summed E-state index contributed by atoms with van der Waals surface area (Å²) in [5.41, 5.74) is 1.18. The number of benzene rings is 1. The highest BCUT2D eigenvalue weighted by Crippen LogP contribution is 2.31. The molecule has 1 aromatic carbocycles. The summed E-state index contributed by atoms with van der Waals surface area (Å²) in [5, 5.41) is 4.98. The molecule has 118 valence electrons. The van der Waals surface area contributed by atoms with Crippen molar-refractivity contribution in [2.45, 2.75) is 46.2 Å². The second-order valence-electron chi connectivity index (χ2n) is 6.46. The predicted molar refractivity (Wildman–Crippen MR) is 93.7 cm³/mol. The number of rotatable bonds is 4. The van der Waals surface area contributed by atoms with Gasteiger partial charge in [0.05, 0.1) is 10.0 Å². The van der Waals surface area contributed by atoms with Gasteiger partial charge in [-0.25, -0.2) is 0 Å². The minimum atomic E-state index is 0.488. The third-order valence-corrected chi connectivity index (χ3v) is 5.46. The Morgan fingerprint density at radius 2 is 1.95 bits per heavy atom. The van der Waals surface area contributed by atoms with E-state index < -0.39 is 0 Å². The second-order valence-corrected chi connectivity index (χ2v) is 7.28. The first-order chi connectivity index (χ1) is 9.93. The van der Waals surface area contributed by atoms with Crippen LogP contribution in [0.25, 0.3) is 0 Å². The van der Waals surface area contributed by atoms with E-state index in [-0.39, 0.29) is 0 Å². The molecule has 0 aliphatic carbocycles. The van der Waals surface area contributed by atoms with Crippen molar-refractivity contribution in [3.63, 3.8) is 0 Å². The van der Waals surface area contributed by atoms with Crippen LogP contribution in [-0.2, 0) is 0 Å². The zero-order valence-electron chi connectivity index (χ0n) is 13.4. The Labute approximate surface area is 138 Å². The molecule has 0 spiro atoms. The predicted octanol–water partition coefficient (Wildman–Crippen LogP) is 4.84. The van der Waals surface area contributed by atoms with Crippen LogP contribution in [0.4, 0.5) is 5.69 Å². The Hall–Kier alpha value is -0.440. The monoisotopic (exact) mass is 328 g/mol. The van der Waals surface area contributed by atoms with Crippen LogP contribution in [0.3, 0.4) is 0 Å². The number of piperazine rings is 1. The molecular weight excluding hydrogens is 303 g/mol. The Kier molecular flexibility index (Phi) is 5.81. The molecule has 1 fully saturated rings. The lowest BCUT2D eigenvalue weighted by molar-refractivity contribution is 0.281. The Balaban J connectivity index is 2.26. The Morgan fingerprint density at radius 1 is 1.24 bits per heavy atom. The van der Waals surface area contributed by atoms with Crippen LogP contribution in [0.15, 0.2) is 18.2 Å². The largest absolute Gasteiger partial charge is 0.365 e. The van der Waals surface area contributed by atoms with Gasteiger partial charge in [-0.2, -0.15) is 0 Å². The molecule has 0 radical (unpaired) electrons. The van der Waals surface area contributed by atoms with Crippen LogP contribution in [0, 0.1) is 11.8 Å². The number of halogens is 2. The number of nitrogens with one attached hydrogen (secondary N) is 1. The van der Waals surface area contributed by atoms with Gasteiger partial charge in [0, 0.05) is 30.9 Å². The SMILES string of the molecule is CCC(C)C1CN(c2ccc(Cl)c(Cl)c2)C(C(C)C)CN1. The molecule has 0 bridgehead atoms. The second kappa shape index (κ2) is 7.21. The van der Waals surface area contributed by atoms with Gasteiger partial charge in [-0.1, -0.05) is 57.3 Å². The van der Waals surface area contributed by atoms with Crippen LogP contribution in [0.1, 0.15) is 34.1 Å². The van der Waals surface area contributed by atoms with Crippen molar-refractivity contribution in [3.8, 4) is 0 Å². The van der Waals surface area contributed by atoms with Crippen molar-refractivity contribution in [1.29, 1.82) is 0 Å². The van der Waals surface area contributed by atoms with Gasteiger partial charge in [-0.15, -0.1) is 0 Å². The van der Waals surface area contributed by atoms with E-state index in [0.717, 1.165) is 13.1 Å². The van der Waals surface area contributed by atoms with E-state index in [9.17, 15) is 0 Å². The van der Waals surface area contributed by atoms with Gasteiger partial charge >= 0.3 is 0 Å². The van der Waals surface area contributed by atoms with E-state index in [1.807, 2.05) is 12.1 Å². The van der Waals surface area contributed by atoms with Crippen molar-refractivity contribution < 1.29 is 0 Å². The zero-order chi connectivity index (χ0) is 15.6. The van der Waals surface area contributed by atoms with E-state index in [1.165, 1.54) is 12.1 Å². The highest BCUT2D eigenvalue weighted by atomic mass is 35.5. The number of anilines is 1.